The molecule has 0 heterocycles. The van der Waals surface area contributed by atoms with Gasteiger partial charge in [0.1, 0.15) is 12.3 Å². The first kappa shape index (κ1) is 15.6. The molecule has 0 saturated heterocycles. The molecule has 0 aromatic heterocycles. The van der Waals surface area contributed by atoms with E-state index in [9.17, 15) is 9.59 Å². The van der Waals surface area contributed by atoms with Gasteiger partial charge in [0.25, 0.3) is 5.91 Å². The zero-order chi connectivity index (χ0) is 15.2. The molecule has 0 radical (unpaired) electrons. The van der Waals surface area contributed by atoms with Gasteiger partial charge in [0.15, 0.2) is 6.61 Å². The summed E-state index contributed by atoms with van der Waals surface area (Å²) in [6.45, 7) is -0.452. The smallest absolute Gasteiger partial charge is 0.323 e. The van der Waals surface area contributed by atoms with Gasteiger partial charge in [-0.05, 0) is 31.0 Å². The molecule has 1 N–H and O–H groups in total. The topological polar surface area (TPSA) is 66.8 Å². The largest absolute Gasteiger partial charge is 0.484 e. The Morgan fingerprint density at radius 2 is 2.05 bits per heavy atom. The van der Waals surface area contributed by atoms with Gasteiger partial charge >= 0.3 is 5.97 Å². The fourth-order valence-electron chi connectivity index (χ4n) is 2.57. The summed E-state index contributed by atoms with van der Waals surface area (Å²) < 4.78 is 5.40. The van der Waals surface area contributed by atoms with Crippen LogP contribution in [0.4, 0.5) is 0 Å². The summed E-state index contributed by atoms with van der Waals surface area (Å²) in [7, 11) is 0. The van der Waals surface area contributed by atoms with Crippen molar-refractivity contribution in [3.8, 4) is 5.75 Å². The number of amides is 1. The van der Waals surface area contributed by atoms with Crippen LogP contribution in [0.3, 0.4) is 0 Å². The fraction of sp³-hybridized carbons (Fsp3) is 0.467. The zero-order valence-electron chi connectivity index (χ0n) is 11.6. The molecule has 1 aromatic carbocycles. The Kier molecular flexibility index (Phi) is 5.44. The van der Waals surface area contributed by atoms with Crippen molar-refractivity contribution in [3.63, 3.8) is 0 Å². The fourth-order valence-corrected chi connectivity index (χ4v) is 2.75. The molecule has 114 valence electrons. The number of nitrogens with zero attached hydrogens (tertiary/aromatic N) is 1. The van der Waals surface area contributed by atoms with E-state index in [1.165, 1.54) is 4.90 Å². The molecule has 5 nitrogen and oxygen atoms in total. The van der Waals surface area contributed by atoms with Gasteiger partial charge in [-0.1, -0.05) is 30.5 Å². The average Bonchev–Trinajstić information content (AvgIpc) is 2.96. The molecule has 0 bridgehead atoms. The van der Waals surface area contributed by atoms with Crippen molar-refractivity contribution in [2.24, 2.45) is 0 Å². The molecule has 6 heteroatoms. The van der Waals surface area contributed by atoms with Crippen molar-refractivity contribution < 1.29 is 19.4 Å². The molecule has 1 aliphatic rings. The quantitative estimate of drug-likeness (QED) is 0.877. The molecule has 0 atom stereocenters. The molecular weight excluding hydrogens is 294 g/mol. The van der Waals surface area contributed by atoms with Gasteiger partial charge in [-0.25, -0.2) is 0 Å². The Morgan fingerprint density at radius 1 is 1.33 bits per heavy atom. The van der Waals surface area contributed by atoms with E-state index in [0.717, 1.165) is 25.7 Å². The van der Waals surface area contributed by atoms with Gasteiger partial charge in [0.2, 0.25) is 0 Å². The molecular formula is C15H18ClNO4. The molecule has 0 spiro atoms. The van der Waals surface area contributed by atoms with Gasteiger partial charge < -0.3 is 14.7 Å². The molecule has 2 rings (SSSR count). The van der Waals surface area contributed by atoms with Gasteiger partial charge in [0.05, 0.1) is 0 Å². The number of rotatable bonds is 6. The maximum atomic E-state index is 12.2. The third-order valence-corrected chi connectivity index (χ3v) is 3.78. The molecule has 0 aliphatic heterocycles. The van der Waals surface area contributed by atoms with Crippen molar-refractivity contribution in [1.29, 1.82) is 0 Å². The summed E-state index contributed by atoms with van der Waals surface area (Å²) in [6, 6.07) is 6.78. The highest BCUT2D eigenvalue weighted by Crippen LogP contribution is 2.24. The van der Waals surface area contributed by atoms with Crippen molar-refractivity contribution >= 4 is 23.5 Å². The van der Waals surface area contributed by atoms with Crippen LogP contribution in [0.15, 0.2) is 24.3 Å². The number of hydrogen-bond acceptors (Lipinski definition) is 3. The Labute approximate surface area is 128 Å². The number of carbonyl (C=O) groups is 2. The summed E-state index contributed by atoms with van der Waals surface area (Å²) in [5.41, 5.74) is 0. The number of halogens is 1. The lowest BCUT2D eigenvalue weighted by molar-refractivity contribution is -0.147. The van der Waals surface area contributed by atoms with E-state index in [2.05, 4.69) is 0 Å². The van der Waals surface area contributed by atoms with E-state index >= 15 is 0 Å². The summed E-state index contributed by atoms with van der Waals surface area (Å²) in [4.78, 5) is 24.6. The lowest BCUT2D eigenvalue weighted by atomic mass is 10.2. The third-order valence-electron chi connectivity index (χ3n) is 3.55. The predicted octanol–water partition coefficient (Wildman–Crippen LogP) is 2.57. The predicted molar refractivity (Wildman–Crippen MR) is 78.6 cm³/mol. The minimum atomic E-state index is -1.00. The van der Waals surface area contributed by atoms with Gasteiger partial charge in [-0.15, -0.1) is 0 Å². The minimum absolute atomic E-state index is 0.0107. The molecule has 21 heavy (non-hydrogen) atoms. The number of carbonyl (C=O) groups excluding carboxylic acids is 1. The zero-order valence-corrected chi connectivity index (χ0v) is 12.4. The van der Waals surface area contributed by atoms with Crippen molar-refractivity contribution in [1.82, 2.24) is 4.90 Å². The Balaban J connectivity index is 1.95. The second kappa shape index (κ2) is 7.31. The maximum absolute atomic E-state index is 12.2. The van der Waals surface area contributed by atoms with Crippen LogP contribution in [-0.2, 0) is 9.59 Å². The molecule has 1 aliphatic carbocycles. The third kappa shape index (κ3) is 4.63. The normalized spacial score (nSPS) is 14.9. The van der Waals surface area contributed by atoms with E-state index < -0.39 is 5.97 Å². The van der Waals surface area contributed by atoms with Gasteiger partial charge in [-0.2, -0.15) is 0 Å². The first-order valence-corrected chi connectivity index (χ1v) is 7.33. The number of hydrogen-bond donors (Lipinski definition) is 1. The summed E-state index contributed by atoms with van der Waals surface area (Å²) in [6.07, 6.45) is 3.78. The van der Waals surface area contributed by atoms with Crippen LogP contribution in [0, 0.1) is 0 Å². The summed E-state index contributed by atoms with van der Waals surface area (Å²) >= 11 is 5.84. The van der Waals surface area contributed by atoms with E-state index in [1.54, 1.807) is 24.3 Å². The second-order valence-corrected chi connectivity index (χ2v) is 5.54. The average molecular weight is 312 g/mol. The lowest BCUT2D eigenvalue weighted by Gasteiger charge is -2.27. The van der Waals surface area contributed by atoms with Gasteiger partial charge in [0, 0.05) is 11.1 Å². The summed E-state index contributed by atoms with van der Waals surface area (Å²) in [5, 5.41) is 9.49. The van der Waals surface area contributed by atoms with E-state index in [1.807, 2.05) is 0 Å². The maximum Gasteiger partial charge on any atom is 0.323 e. The number of ether oxygens (including phenoxy) is 1. The van der Waals surface area contributed by atoms with Crippen molar-refractivity contribution in [2.45, 2.75) is 31.7 Å². The van der Waals surface area contributed by atoms with Crippen LogP contribution >= 0.6 is 11.6 Å². The van der Waals surface area contributed by atoms with Gasteiger partial charge in [-0.3, -0.25) is 9.59 Å². The van der Waals surface area contributed by atoms with Crippen LogP contribution in [0.5, 0.6) is 5.75 Å². The molecule has 1 saturated carbocycles. The number of carboxylic acids is 1. The number of aliphatic carboxylic acids is 1. The van der Waals surface area contributed by atoms with E-state index in [0.29, 0.717) is 10.8 Å². The van der Waals surface area contributed by atoms with Crippen LogP contribution in [0.2, 0.25) is 5.02 Å². The Hall–Kier alpha value is -1.75. The van der Waals surface area contributed by atoms with Crippen LogP contribution < -0.4 is 4.74 Å². The first-order valence-electron chi connectivity index (χ1n) is 6.96. The highest BCUT2D eigenvalue weighted by molar-refractivity contribution is 6.30. The first-order chi connectivity index (χ1) is 10.1. The van der Waals surface area contributed by atoms with Crippen LogP contribution in [-0.4, -0.2) is 41.1 Å². The highest BCUT2D eigenvalue weighted by atomic mass is 35.5. The van der Waals surface area contributed by atoms with E-state index in [4.69, 9.17) is 21.4 Å². The standard InChI is InChI=1S/C15H18ClNO4/c16-11-4-3-7-13(8-11)21-10-14(18)17(9-15(19)20)12-5-1-2-6-12/h3-4,7-8,12H,1-2,5-6,9-10H2,(H,19,20). The Bertz CT molecular complexity index is 514. The minimum Gasteiger partial charge on any atom is -0.484 e. The number of carboxylic acid groups (broad SMARTS) is 1. The highest BCUT2D eigenvalue weighted by Gasteiger charge is 2.28. The molecule has 1 amide bonds. The number of benzene rings is 1. The van der Waals surface area contributed by atoms with Crippen LogP contribution in [0.1, 0.15) is 25.7 Å². The molecule has 0 unspecified atom stereocenters. The second-order valence-electron chi connectivity index (χ2n) is 5.10. The van der Waals surface area contributed by atoms with E-state index in [-0.39, 0.29) is 25.1 Å². The van der Waals surface area contributed by atoms with Crippen molar-refractivity contribution in [3.05, 3.63) is 29.3 Å². The SMILES string of the molecule is O=C(O)CN(C(=O)COc1cccc(Cl)c1)C1CCCC1. The van der Waals surface area contributed by atoms with Crippen molar-refractivity contribution in [2.75, 3.05) is 13.2 Å². The molecule has 1 aromatic rings. The van der Waals surface area contributed by atoms with Crippen LogP contribution in [0.25, 0.3) is 0 Å². The summed E-state index contributed by atoms with van der Waals surface area (Å²) in [5.74, 6) is -0.806. The molecule has 1 fully saturated rings. The Morgan fingerprint density at radius 3 is 2.67 bits per heavy atom. The monoisotopic (exact) mass is 311 g/mol. The lowest BCUT2D eigenvalue weighted by Crippen LogP contribution is -2.44.